The first-order valence-corrected chi connectivity index (χ1v) is 9.50. The first-order valence-electron chi connectivity index (χ1n) is 9.50. The quantitative estimate of drug-likeness (QED) is 0.522. The second-order valence-electron chi connectivity index (χ2n) is 8.28. The molecule has 0 fully saturated rings. The maximum absolute atomic E-state index is 13.8. The van der Waals surface area contributed by atoms with Gasteiger partial charge in [0.05, 0.1) is 5.69 Å². The topological polar surface area (TPSA) is 106 Å². The van der Waals surface area contributed by atoms with Crippen molar-refractivity contribution < 1.29 is 19.2 Å². The number of hydrogen-bond acceptors (Lipinski definition) is 5. The van der Waals surface area contributed by atoms with Crippen molar-refractivity contribution in [3.63, 3.8) is 0 Å². The van der Waals surface area contributed by atoms with Gasteiger partial charge >= 0.3 is 6.09 Å². The highest BCUT2D eigenvalue weighted by atomic mass is 16.6. The van der Waals surface area contributed by atoms with E-state index in [1.54, 1.807) is 63.4 Å². The second-order valence-corrected chi connectivity index (χ2v) is 8.28. The van der Waals surface area contributed by atoms with E-state index in [0.29, 0.717) is 22.2 Å². The zero-order valence-electron chi connectivity index (χ0n) is 16.8. The van der Waals surface area contributed by atoms with Gasteiger partial charge in [-0.25, -0.2) is 9.69 Å². The van der Waals surface area contributed by atoms with Crippen LogP contribution >= 0.6 is 0 Å². The Morgan fingerprint density at radius 1 is 1.13 bits per heavy atom. The van der Waals surface area contributed by atoms with Gasteiger partial charge in [-0.1, -0.05) is 36.4 Å². The number of anilines is 1. The molecule has 154 valence electrons. The molecule has 2 amide bonds. The number of nitrogens with one attached hydrogen (secondary N) is 1. The van der Waals surface area contributed by atoms with Crippen LogP contribution in [0.3, 0.4) is 0 Å². The minimum Gasteiger partial charge on any atom is -0.443 e. The third kappa shape index (κ3) is 2.92. The van der Waals surface area contributed by atoms with E-state index in [2.05, 4.69) is 4.98 Å². The summed E-state index contributed by atoms with van der Waals surface area (Å²) in [6.45, 7) is 4.40. The molecular formula is C22H21N3O5. The zero-order valence-corrected chi connectivity index (χ0v) is 16.8. The Morgan fingerprint density at radius 2 is 1.80 bits per heavy atom. The minimum atomic E-state index is -1.66. The van der Waals surface area contributed by atoms with E-state index in [9.17, 15) is 19.7 Å². The number of nitro groups is 1. The number of carbonyl (C=O) groups is 2. The van der Waals surface area contributed by atoms with Gasteiger partial charge in [0.15, 0.2) is 5.41 Å². The molecule has 0 spiro atoms. The zero-order chi connectivity index (χ0) is 21.7. The fourth-order valence-corrected chi connectivity index (χ4v) is 4.05. The smallest absolute Gasteiger partial charge is 0.421 e. The molecule has 8 heteroatoms. The van der Waals surface area contributed by atoms with E-state index >= 15 is 0 Å². The predicted octanol–water partition coefficient (Wildman–Crippen LogP) is 4.01. The number of para-hydroxylation sites is 2. The number of H-pyrrole nitrogens is 1. The second kappa shape index (κ2) is 6.69. The van der Waals surface area contributed by atoms with Crippen LogP contribution in [0.1, 0.15) is 31.9 Å². The number of aromatic nitrogens is 1. The lowest BCUT2D eigenvalue weighted by Gasteiger charge is -2.26. The lowest BCUT2D eigenvalue weighted by Crippen LogP contribution is -2.49. The summed E-state index contributed by atoms with van der Waals surface area (Å²) >= 11 is 0. The summed E-state index contributed by atoms with van der Waals surface area (Å²) < 4.78 is 5.44. The molecule has 4 rings (SSSR count). The summed E-state index contributed by atoms with van der Waals surface area (Å²) in [7, 11) is 0. The molecule has 1 aromatic heterocycles. The number of aromatic amines is 1. The number of imide groups is 1. The van der Waals surface area contributed by atoms with Crippen LogP contribution in [0, 0.1) is 10.1 Å². The first-order chi connectivity index (χ1) is 14.1. The minimum absolute atomic E-state index is 0.295. The van der Waals surface area contributed by atoms with Gasteiger partial charge in [0.25, 0.3) is 5.91 Å². The number of carbonyl (C=O) groups excluding carboxylic acids is 2. The van der Waals surface area contributed by atoms with Gasteiger partial charge in [-0.2, -0.15) is 0 Å². The van der Waals surface area contributed by atoms with Gasteiger partial charge < -0.3 is 9.72 Å². The van der Waals surface area contributed by atoms with Gasteiger partial charge in [-0.3, -0.25) is 14.9 Å². The number of nitrogens with zero attached hydrogens (tertiary/aromatic N) is 2. The van der Waals surface area contributed by atoms with Crippen molar-refractivity contribution in [2.75, 3.05) is 11.4 Å². The molecule has 0 saturated heterocycles. The van der Waals surface area contributed by atoms with Gasteiger partial charge in [-0.15, -0.1) is 0 Å². The average molecular weight is 407 g/mol. The Balaban J connectivity index is 1.98. The average Bonchev–Trinajstić information content (AvgIpc) is 3.18. The number of benzene rings is 2. The molecule has 0 saturated carbocycles. The van der Waals surface area contributed by atoms with E-state index in [1.165, 1.54) is 0 Å². The van der Waals surface area contributed by atoms with Crippen molar-refractivity contribution in [2.45, 2.75) is 31.8 Å². The van der Waals surface area contributed by atoms with Crippen LogP contribution in [-0.4, -0.2) is 34.1 Å². The van der Waals surface area contributed by atoms with E-state index in [-0.39, 0.29) is 0 Å². The number of amides is 2. The van der Waals surface area contributed by atoms with Crippen LogP contribution in [-0.2, 0) is 14.9 Å². The maximum Gasteiger partial charge on any atom is 0.421 e. The van der Waals surface area contributed by atoms with E-state index in [1.807, 2.05) is 12.1 Å². The SMILES string of the molecule is CC(C)(C)OC(=O)N1C(=O)[C@@](C[N+](=O)[O-])(c2c[nH]c3ccccc23)c2ccccc21. The number of fused-ring (bicyclic) bond motifs is 2. The van der Waals surface area contributed by atoms with Crippen LogP contribution in [0.4, 0.5) is 10.5 Å². The molecule has 1 aliphatic heterocycles. The molecule has 1 aliphatic rings. The summed E-state index contributed by atoms with van der Waals surface area (Å²) in [4.78, 5) is 42.0. The van der Waals surface area contributed by atoms with Gasteiger partial charge in [-0.05, 0) is 32.9 Å². The maximum atomic E-state index is 13.8. The van der Waals surface area contributed by atoms with Crippen molar-refractivity contribution in [1.82, 2.24) is 4.98 Å². The van der Waals surface area contributed by atoms with Gasteiger partial charge in [0.2, 0.25) is 6.54 Å². The molecule has 0 unspecified atom stereocenters. The van der Waals surface area contributed by atoms with Crippen molar-refractivity contribution in [2.24, 2.45) is 0 Å². The highest BCUT2D eigenvalue weighted by molar-refractivity contribution is 6.23. The number of hydrogen-bond donors (Lipinski definition) is 1. The summed E-state index contributed by atoms with van der Waals surface area (Å²) in [5, 5.41) is 12.4. The fraction of sp³-hybridized carbons (Fsp3) is 0.273. The first kappa shape index (κ1) is 19.6. The lowest BCUT2D eigenvalue weighted by molar-refractivity contribution is -0.486. The summed E-state index contributed by atoms with van der Waals surface area (Å²) in [5.74, 6) is -0.695. The van der Waals surface area contributed by atoms with Crippen LogP contribution in [0.2, 0.25) is 0 Å². The summed E-state index contributed by atoms with van der Waals surface area (Å²) in [6, 6.07) is 13.9. The standard InChI is InChI=1S/C22H21N3O5/c1-21(2,3)30-20(27)25-18-11-7-5-9-15(18)22(19(25)26,13-24(28)29)16-12-23-17-10-6-4-8-14(16)17/h4-12,23H,13H2,1-3H3/t22-/m1/s1. The van der Waals surface area contributed by atoms with E-state index in [4.69, 9.17) is 4.74 Å². The molecule has 2 heterocycles. The molecule has 30 heavy (non-hydrogen) atoms. The predicted molar refractivity (Wildman–Crippen MR) is 111 cm³/mol. The Hall–Kier alpha value is -3.68. The molecule has 2 aromatic carbocycles. The third-order valence-electron chi connectivity index (χ3n) is 5.16. The van der Waals surface area contributed by atoms with E-state index < -0.39 is 34.5 Å². The van der Waals surface area contributed by atoms with Crippen LogP contribution in [0.25, 0.3) is 10.9 Å². The van der Waals surface area contributed by atoms with Crippen molar-refractivity contribution in [3.8, 4) is 0 Å². The normalized spacial score (nSPS) is 18.5. The monoisotopic (exact) mass is 407 g/mol. The Kier molecular flexibility index (Phi) is 4.38. The number of ether oxygens (including phenoxy) is 1. The van der Waals surface area contributed by atoms with Crippen molar-refractivity contribution in [1.29, 1.82) is 0 Å². The largest absolute Gasteiger partial charge is 0.443 e. The summed E-state index contributed by atoms with van der Waals surface area (Å²) in [6.07, 6.45) is 0.756. The molecule has 1 N–H and O–H groups in total. The molecular weight excluding hydrogens is 386 g/mol. The summed E-state index contributed by atoms with van der Waals surface area (Å²) in [5.41, 5.74) is -0.585. The van der Waals surface area contributed by atoms with Crippen LogP contribution < -0.4 is 4.90 Å². The molecule has 0 radical (unpaired) electrons. The molecule has 3 aromatic rings. The molecule has 0 bridgehead atoms. The fourth-order valence-electron chi connectivity index (χ4n) is 4.05. The lowest BCUT2D eigenvalue weighted by atomic mass is 9.75. The molecule has 8 nitrogen and oxygen atoms in total. The van der Waals surface area contributed by atoms with Gasteiger partial charge in [0, 0.05) is 33.1 Å². The Bertz CT molecular complexity index is 1180. The van der Waals surface area contributed by atoms with Crippen LogP contribution in [0.15, 0.2) is 54.7 Å². The van der Waals surface area contributed by atoms with Gasteiger partial charge in [0.1, 0.15) is 5.60 Å². The molecule has 1 atom stereocenters. The highest BCUT2D eigenvalue weighted by Gasteiger charge is 2.59. The Labute approximate surface area is 172 Å². The number of rotatable bonds is 3. The van der Waals surface area contributed by atoms with Crippen LogP contribution in [0.5, 0.6) is 0 Å². The van der Waals surface area contributed by atoms with Crippen molar-refractivity contribution >= 4 is 28.6 Å². The third-order valence-corrected chi connectivity index (χ3v) is 5.16. The Morgan fingerprint density at radius 3 is 2.50 bits per heavy atom. The highest BCUT2D eigenvalue weighted by Crippen LogP contribution is 2.48. The molecule has 0 aliphatic carbocycles. The van der Waals surface area contributed by atoms with Crippen molar-refractivity contribution in [3.05, 3.63) is 76.0 Å². The van der Waals surface area contributed by atoms with E-state index in [0.717, 1.165) is 10.4 Å².